The number of ether oxygens (including phenoxy) is 1. The Bertz CT molecular complexity index is 1230. The number of hydrogen-bond acceptors (Lipinski definition) is 9. The largest absolute Gasteiger partial charge is 0.460 e. The molecule has 3 rings (SSSR count). The number of cyclic esters (lactones) is 1. The van der Waals surface area contributed by atoms with Crippen molar-refractivity contribution in [2.45, 2.75) is 173 Å². The van der Waals surface area contributed by atoms with Gasteiger partial charge in [0, 0.05) is 13.6 Å². The van der Waals surface area contributed by atoms with Gasteiger partial charge in [0.05, 0.1) is 12.0 Å². The molecule has 0 spiro atoms. The Labute approximate surface area is 322 Å². The molecule has 3 aliphatic rings. The third-order valence-corrected chi connectivity index (χ3v) is 11.6. The first-order valence-corrected chi connectivity index (χ1v) is 20.8. The number of carbonyl (C=O) groups is 6. The number of amides is 5. The van der Waals surface area contributed by atoms with Gasteiger partial charge in [0.2, 0.25) is 29.5 Å². The average Bonchev–Trinajstić information content (AvgIpc) is 3.15. The molecule has 2 aliphatic carbocycles. The molecule has 2 saturated carbocycles. The fraction of sp³-hybridized carbons (Fsp3) is 0.850. The Balaban J connectivity index is 2.11. The molecule has 0 aromatic rings. The van der Waals surface area contributed by atoms with Crippen molar-refractivity contribution in [3.8, 4) is 0 Å². The predicted molar refractivity (Wildman–Crippen MR) is 205 cm³/mol. The molecule has 1 saturated heterocycles. The summed E-state index contributed by atoms with van der Waals surface area (Å²) in [6.07, 6.45) is 12.1. The van der Waals surface area contributed by atoms with Crippen molar-refractivity contribution < 1.29 is 38.6 Å². The number of aliphatic hydroxyl groups excluding tert-OH is 1. The quantitative estimate of drug-likeness (QED) is 0.127. The van der Waals surface area contributed by atoms with E-state index in [4.69, 9.17) is 10.5 Å². The van der Waals surface area contributed by atoms with Crippen molar-refractivity contribution >= 4 is 35.5 Å². The van der Waals surface area contributed by atoms with Gasteiger partial charge in [-0.3, -0.25) is 28.8 Å². The van der Waals surface area contributed by atoms with Gasteiger partial charge in [-0.15, -0.1) is 0 Å². The number of rotatable bonds is 12. The summed E-state index contributed by atoms with van der Waals surface area (Å²) < 4.78 is 6.10. The minimum Gasteiger partial charge on any atom is -0.460 e. The summed E-state index contributed by atoms with van der Waals surface area (Å²) in [5, 5.41) is 21.1. The van der Waals surface area contributed by atoms with Gasteiger partial charge in [0.1, 0.15) is 36.8 Å². The Morgan fingerprint density at radius 3 is 2.06 bits per heavy atom. The lowest BCUT2D eigenvalue weighted by molar-refractivity contribution is -0.159. The molecule has 0 aromatic carbocycles. The predicted octanol–water partition coefficient (Wildman–Crippen LogP) is 2.83. The number of nitrogens with one attached hydrogen (secondary N) is 4. The van der Waals surface area contributed by atoms with E-state index in [2.05, 4.69) is 28.2 Å². The summed E-state index contributed by atoms with van der Waals surface area (Å²) in [7, 11) is 1.63. The maximum Gasteiger partial charge on any atom is 0.325 e. The van der Waals surface area contributed by atoms with Crippen LogP contribution in [0.25, 0.3) is 0 Å². The molecular weight excluding hydrogens is 692 g/mol. The van der Waals surface area contributed by atoms with E-state index >= 15 is 0 Å². The minimum atomic E-state index is -1.47. The lowest BCUT2D eigenvalue weighted by Crippen LogP contribution is -2.62. The summed E-state index contributed by atoms with van der Waals surface area (Å²) in [5.74, 6) is -4.38. The molecule has 14 nitrogen and oxygen atoms in total. The molecule has 0 bridgehead atoms. The molecule has 0 aromatic heterocycles. The number of nitrogens with zero attached hydrogens (tertiary/aromatic N) is 1. The zero-order chi connectivity index (χ0) is 39.8. The molecular formula is C40H70N6O8. The van der Waals surface area contributed by atoms with Gasteiger partial charge < -0.3 is 41.7 Å². The van der Waals surface area contributed by atoms with E-state index in [0.717, 1.165) is 77.0 Å². The standard InChI is InChI=1S/C40H70N6O8/c1-6-7-8-15-20-32-29(22-27-16-11-9-12-17-27)40(53)46(5)31(21-25(2)3)37(50)45-35(28-18-13-10-14-19-28)39(52)43-30(23-41)36(49)44-34(26(4)47)38(51)42-24-33(48)54-32/h25-32,34-35,47H,6-24,41H2,1-5H3,(H,42,51)(H,43,52)(H,44,49)(H,45,50)/t26-,29+,30-,31-,32+,34-,35-/m0/s1. The van der Waals surface area contributed by atoms with Crippen molar-refractivity contribution in [1.82, 2.24) is 26.2 Å². The molecule has 1 aliphatic heterocycles. The van der Waals surface area contributed by atoms with Gasteiger partial charge in [-0.1, -0.05) is 91.4 Å². The van der Waals surface area contributed by atoms with Crippen LogP contribution < -0.4 is 27.0 Å². The van der Waals surface area contributed by atoms with Crippen molar-refractivity contribution in [2.75, 3.05) is 20.1 Å². The Morgan fingerprint density at radius 1 is 0.815 bits per heavy atom. The molecule has 14 heteroatoms. The van der Waals surface area contributed by atoms with Gasteiger partial charge >= 0.3 is 5.97 Å². The zero-order valence-corrected chi connectivity index (χ0v) is 33.5. The van der Waals surface area contributed by atoms with Crippen LogP contribution in [-0.4, -0.2) is 102 Å². The molecule has 308 valence electrons. The molecule has 3 fully saturated rings. The molecule has 7 atom stereocenters. The highest BCUT2D eigenvalue weighted by atomic mass is 16.5. The fourth-order valence-corrected chi connectivity index (χ4v) is 8.36. The Kier molecular flexibility index (Phi) is 19.2. The second-order valence-corrected chi connectivity index (χ2v) is 16.4. The number of aliphatic hydroxyl groups is 1. The highest BCUT2D eigenvalue weighted by Crippen LogP contribution is 2.34. The van der Waals surface area contributed by atoms with E-state index < -0.39 is 78.4 Å². The summed E-state index contributed by atoms with van der Waals surface area (Å²) >= 11 is 0. The molecule has 0 radical (unpaired) electrons. The minimum absolute atomic E-state index is 0.0230. The van der Waals surface area contributed by atoms with E-state index in [9.17, 15) is 33.9 Å². The smallest absolute Gasteiger partial charge is 0.325 e. The van der Waals surface area contributed by atoms with Crippen molar-refractivity contribution in [3.05, 3.63) is 0 Å². The maximum absolute atomic E-state index is 14.9. The monoisotopic (exact) mass is 763 g/mol. The first-order valence-electron chi connectivity index (χ1n) is 20.8. The van der Waals surface area contributed by atoms with E-state index in [1.54, 1.807) is 7.05 Å². The van der Waals surface area contributed by atoms with Crippen LogP contribution in [0, 0.1) is 23.7 Å². The van der Waals surface area contributed by atoms with E-state index in [0.29, 0.717) is 32.1 Å². The summed E-state index contributed by atoms with van der Waals surface area (Å²) in [5.41, 5.74) is 5.94. The normalized spacial score (nSPS) is 28.9. The van der Waals surface area contributed by atoms with Crippen LogP contribution in [0.3, 0.4) is 0 Å². The molecule has 7 N–H and O–H groups in total. The lowest BCUT2D eigenvalue weighted by atomic mass is 9.79. The lowest BCUT2D eigenvalue weighted by Gasteiger charge is -2.37. The van der Waals surface area contributed by atoms with Gasteiger partial charge in [-0.25, -0.2) is 0 Å². The summed E-state index contributed by atoms with van der Waals surface area (Å²) in [6, 6.07) is -4.67. The second-order valence-electron chi connectivity index (χ2n) is 16.4. The van der Waals surface area contributed by atoms with Crippen LogP contribution in [0.4, 0.5) is 0 Å². The van der Waals surface area contributed by atoms with Gasteiger partial charge in [-0.05, 0) is 63.2 Å². The highest BCUT2D eigenvalue weighted by molar-refractivity contribution is 5.96. The first kappa shape index (κ1) is 45.1. The molecule has 1 heterocycles. The average molecular weight is 763 g/mol. The van der Waals surface area contributed by atoms with Crippen LogP contribution >= 0.6 is 0 Å². The van der Waals surface area contributed by atoms with E-state index in [1.165, 1.54) is 11.8 Å². The van der Waals surface area contributed by atoms with Crippen molar-refractivity contribution in [2.24, 2.45) is 29.4 Å². The van der Waals surface area contributed by atoms with Crippen LogP contribution in [0.15, 0.2) is 0 Å². The number of esters is 1. The van der Waals surface area contributed by atoms with E-state index in [1.807, 2.05) is 13.8 Å². The topological polar surface area (TPSA) is 209 Å². The molecule has 0 unspecified atom stereocenters. The van der Waals surface area contributed by atoms with Crippen LogP contribution in [-0.2, 0) is 33.5 Å². The Morgan fingerprint density at radius 2 is 1.46 bits per heavy atom. The highest BCUT2D eigenvalue weighted by Gasteiger charge is 2.41. The maximum atomic E-state index is 14.9. The van der Waals surface area contributed by atoms with Crippen LogP contribution in [0.5, 0.6) is 0 Å². The third kappa shape index (κ3) is 13.8. The zero-order valence-electron chi connectivity index (χ0n) is 33.5. The van der Waals surface area contributed by atoms with Gasteiger partial charge in [0.25, 0.3) is 0 Å². The Hall–Kier alpha value is -3.26. The van der Waals surface area contributed by atoms with Gasteiger partial charge in [0.15, 0.2) is 0 Å². The summed E-state index contributed by atoms with van der Waals surface area (Å²) in [4.78, 5) is 85.0. The molecule has 54 heavy (non-hydrogen) atoms. The third-order valence-electron chi connectivity index (χ3n) is 11.6. The van der Waals surface area contributed by atoms with Gasteiger partial charge in [-0.2, -0.15) is 0 Å². The second kappa shape index (κ2) is 23.0. The number of unbranched alkanes of at least 4 members (excludes halogenated alkanes) is 3. The number of carbonyl (C=O) groups excluding carboxylic acids is 6. The van der Waals surface area contributed by atoms with Crippen LogP contribution in [0.1, 0.15) is 137 Å². The number of likely N-dealkylation sites (N-methyl/N-ethyl adjacent to an activating group) is 1. The van der Waals surface area contributed by atoms with Crippen molar-refractivity contribution in [1.29, 1.82) is 0 Å². The number of hydrogen-bond donors (Lipinski definition) is 6. The SMILES string of the molecule is CCCCCC[C@H]1OC(=O)CNC(=O)[C@H]([C@H](C)O)NC(=O)[C@H](CN)NC(=O)[C@H](C2CCCCC2)NC(=O)[C@H](CC(C)C)N(C)C(=O)[C@@H]1CC1CCCCC1. The fourth-order valence-electron chi connectivity index (χ4n) is 8.36. The summed E-state index contributed by atoms with van der Waals surface area (Å²) in [6.45, 7) is 6.50. The molecule has 5 amide bonds. The van der Waals surface area contributed by atoms with Crippen molar-refractivity contribution in [3.63, 3.8) is 0 Å². The number of nitrogens with two attached hydrogens (primary N) is 1. The van der Waals surface area contributed by atoms with Crippen LogP contribution in [0.2, 0.25) is 0 Å². The first-order chi connectivity index (χ1) is 25.8. The van der Waals surface area contributed by atoms with E-state index in [-0.39, 0.29) is 30.2 Å².